The van der Waals surface area contributed by atoms with Crippen molar-refractivity contribution >= 4 is 0 Å². The fourth-order valence-electron chi connectivity index (χ4n) is 8.54. The van der Waals surface area contributed by atoms with Crippen molar-refractivity contribution in [3.8, 4) is 39.5 Å². The van der Waals surface area contributed by atoms with E-state index >= 15 is 0 Å². The molecule has 2 aliphatic carbocycles. The zero-order chi connectivity index (χ0) is 33.2. The van der Waals surface area contributed by atoms with E-state index in [9.17, 15) is 15.3 Å². The summed E-state index contributed by atoms with van der Waals surface area (Å²) in [6.07, 6.45) is 12.1. The number of benzene rings is 5. The highest BCUT2D eigenvalue weighted by atomic mass is 16.3. The van der Waals surface area contributed by atoms with Crippen molar-refractivity contribution in [1.82, 2.24) is 0 Å². The van der Waals surface area contributed by atoms with Crippen LogP contribution in [-0.2, 0) is 0 Å². The standard InChI is InChI=1S/C45H48O3/c1-29-25-33(35-19-23-43(47)40(27-35)31-11-5-3-6-12-31)17-21-37(29)45(39-15-9-10-16-42(39)46)38-22-18-34(26-30(38)2)36-20-24-44(48)41(28-36)32-13-7-4-8-14-32/h9-10,15-28,31-32,45-48H,3-8,11-14H2,1-2H3. The number of rotatable bonds is 7. The third-order valence-corrected chi connectivity index (χ3v) is 11.2. The predicted molar refractivity (Wildman–Crippen MR) is 197 cm³/mol. The third-order valence-electron chi connectivity index (χ3n) is 11.2. The van der Waals surface area contributed by atoms with Gasteiger partial charge in [-0.3, -0.25) is 0 Å². The molecule has 3 nitrogen and oxygen atoms in total. The minimum absolute atomic E-state index is 0.149. The lowest BCUT2D eigenvalue weighted by Crippen LogP contribution is -2.08. The molecule has 3 N–H and O–H groups in total. The van der Waals surface area contributed by atoms with Crippen LogP contribution in [0.2, 0.25) is 0 Å². The highest BCUT2D eigenvalue weighted by molar-refractivity contribution is 5.70. The molecular formula is C45H48O3. The number of aromatic hydroxyl groups is 3. The van der Waals surface area contributed by atoms with Gasteiger partial charge in [0.25, 0.3) is 0 Å². The van der Waals surface area contributed by atoms with E-state index < -0.39 is 0 Å². The molecule has 0 aromatic heterocycles. The van der Waals surface area contributed by atoms with Crippen LogP contribution >= 0.6 is 0 Å². The first-order valence-corrected chi connectivity index (χ1v) is 18.0. The van der Waals surface area contributed by atoms with Gasteiger partial charge in [0.05, 0.1) is 0 Å². The van der Waals surface area contributed by atoms with Gasteiger partial charge >= 0.3 is 0 Å². The molecule has 0 aliphatic heterocycles. The first kappa shape index (κ1) is 32.1. The Labute approximate surface area is 286 Å². The van der Waals surface area contributed by atoms with E-state index in [2.05, 4.69) is 62.4 Å². The summed E-state index contributed by atoms with van der Waals surface area (Å²) >= 11 is 0. The van der Waals surface area contributed by atoms with E-state index in [4.69, 9.17) is 0 Å². The Morgan fingerprint density at radius 2 is 0.854 bits per heavy atom. The molecule has 0 saturated heterocycles. The van der Waals surface area contributed by atoms with Crippen LogP contribution in [0.4, 0.5) is 0 Å². The van der Waals surface area contributed by atoms with Crippen molar-refractivity contribution in [2.45, 2.75) is 95.8 Å². The van der Waals surface area contributed by atoms with Gasteiger partial charge in [-0.1, -0.05) is 105 Å². The summed E-state index contributed by atoms with van der Waals surface area (Å²) in [5.41, 5.74) is 12.2. The van der Waals surface area contributed by atoms with Crippen LogP contribution in [0.25, 0.3) is 22.3 Å². The van der Waals surface area contributed by atoms with Crippen molar-refractivity contribution in [1.29, 1.82) is 0 Å². The van der Waals surface area contributed by atoms with Crippen molar-refractivity contribution in [3.05, 3.63) is 136 Å². The maximum atomic E-state index is 11.2. The Bertz CT molecular complexity index is 1790. The van der Waals surface area contributed by atoms with Gasteiger partial charge in [-0.05, 0) is 137 Å². The molecule has 0 atom stereocenters. The second-order valence-corrected chi connectivity index (χ2v) is 14.4. The second-order valence-electron chi connectivity index (χ2n) is 14.4. The number of hydrogen-bond donors (Lipinski definition) is 3. The van der Waals surface area contributed by atoms with Gasteiger partial charge in [0, 0.05) is 11.5 Å². The van der Waals surface area contributed by atoms with Gasteiger partial charge in [0.1, 0.15) is 17.2 Å². The minimum Gasteiger partial charge on any atom is -0.508 e. The summed E-state index contributed by atoms with van der Waals surface area (Å²) < 4.78 is 0. The molecule has 0 heterocycles. The number of para-hydroxylation sites is 1. The van der Waals surface area contributed by atoms with E-state index in [1.807, 2.05) is 42.5 Å². The zero-order valence-corrected chi connectivity index (χ0v) is 28.4. The molecule has 2 saturated carbocycles. The summed E-state index contributed by atoms with van der Waals surface area (Å²) in [6.45, 7) is 4.34. The summed E-state index contributed by atoms with van der Waals surface area (Å²) in [5, 5.41) is 32.7. The van der Waals surface area contributed by atoms with E-state index in [1.165, 1.54) is 38.5 Å². The van der Waals surface area contributed by atoms with Crippen LogP contribution in [0.1, 0.15) is 121 Å². The molecular weight excluding hydrogens is 588 g/mol. The first-order chi connectivity index (χ1) is 23.4. The largest absolute Gasteiger partial charge is 0.508 e. The van der Waals surface area contributed by atoms with Gasteiger partial charge in [-0.2, -0.15) is 0 Å². The van der Waals surface area contributed by atoms with E-state index in [0.717, 1.165) is 86.9 Å². The van der Waals surface area contributed by atoms with Crippen LogP contribution in [-0.4, -0.2) is 15.3 Å². The molecule has 0 amide bonds. The lowest BCUT2D eigenvalue weighted by molar-refractivity contribution is 0.414. The van der Waals surface area contributed by atoms with Crippen LogP contribution in [0, 0.1) is 13.8 Å². The topological polar surface area (TPSA) is 60.7 Å². The number of hydrogen-bond acceptors (Lipinski definition) is 3. The average molecular weight is 637 g/mol. The van der Waals surface area contributed by atoms with E-state index in [1.54, 1.807) is 6.07 Å². The molecule has 0 unspecified atom stereocenters. The van der Waals surface area contributed by atoms with Crippen LogP contribution < -0.4 is 0 Å². The fraction of sp³-hybridized carbons (Fsp3) is 0.333. The fourth-order valence-corrected chi connectivity index (χ4v) is 8.54. The van der Waals surface area contributed by atoms with Gasteiger partial charge < -0.3 is 15.3 Å². The highest BCUT2D eigenvalue weighted by Crippen LogP contribution is 2.44. The highest BCUT2D eigenvalue weighted by Gasteiger charge is 2.25. The minimum atomic E-state index is -0.149. The summed E-state index contributed by atoms with van der Waals surface area (Å²) in [6, 6.07) is 33.2. The Hall–Kier alpha value is -4.50. The quantitative estimate of drug-likeness (QED) is 0.156. The normalized spacial score (nSPS) is 16.0. The summed E-state index contributed by atoms with van der Waals surface area (Å²) in [5.74, 6) is 1.82. The number of aryl methyl sites for hydroxylation is 2. The smallest absolute Gasteiger partial charge is 0.119 e. The molecule has 2 fully saturated rings. The Kier molecular flexibility index (Phi) is 9.30. The summed E-state index contributed by atoms with van der Waals surface area (Å²) in [4.78, 5) is 0. The number of phenols is 3. The first-order valence-electron chi connectivity index (χ1n) is 18.0. The molecule has 7 rings (SSSR count). The molecule has 246 valence electrons. The molecule has 0 radical (unpaired) electrons. The maximum absolute atomic E-state index is 11.2. The maximum Gasteiger partial charge on any atom is 0.119 e. The van der Waals surface area contributed by atoms with Crippen molar-refractivity contribution in [2.75, 3.05) is 0 Å². The molecule has 0 spiro atoms. The lowest BCUT2D eigenvalue weighted by Gasteiger charge is -2.25. The van der Waals surface area contributed by atoms with Crippen LogP contribution in [0.3, 0.4) is 0 Å². The Morgan fingerprint density at radius 3 is 1.29 bits per heavy atom. The Balaban J connectivity index is 1.25. The van der Waals surface area contributed by atoms with Crippen LogP contribution in [0.15, 0.2) is 97.1 Å². The molecule has 48 heavy (non-hydrogen) atoms. The van der Waals surface area contributed by atoms with Gasteiger partial charge in [-0.25, -0.2) is 0 Å². The van der Waals surface area contributed by atoms with Gasteiger partial charge in [-0.15, -0.1) is 0 Å². The number of phenolic OH excluding ortho intramolecular Hbond substituents is 3. The van der Waals surface area contributed by atoms with E-state index in [0.29, 0.717) is 29.1 Å². The molecule has 5 aromatic carbocycles. The van der Waals surface area contributed by atoms with Crippen molar-refractivity contribution < 1.29 is 15.3 Å². The molecule has 0 bridgehead atoms. The molecule has 2 aliphatic rings. The van der Waals surface area contributed by atoms with Crippen molar-refractivity contribution in [3.63, 3.8) is 0 Å². The van der Waals surface area contributed by atoms with Gasteiger partial charge in [0.15, 0.2) is 0 Å². The summed E-state index contributed by atoms with van der Waals surface area (Å²) in [7, 11) is 0. The second kappa shape index (κ2) is 13.9. The Morgan fingerprint density at radius 1 is 0.438 bits per heavy atom. The molecule has 3 heteroatoms. The lowest BCUT2D eigenvalue weighted by atomic mass is 9.79. The van der Waals surface area contributed by atoms with Crippen molar-refractivity contribution in [2.24, 2.45) is 0 Å². The zero-order valence-electron chi connectivity index (χ0n) is 28.4. The molecule has 5 aromatic rings. The van der Waals surface area contributed by atoms with Gasteiger partial charge in [0.2, 0.25) is 0 Å². The van der Waals surface area contributed by atoms with E-state index in [-0.39, 0.29) is 5.92 Å². The average Bonchev–Trinajstić information content (AvgIpc) is 3.11. The van der Waals surface area contributed by atoms with Crippen LogP contribution in [0.5, 0.6) is 17.2 Å². The SMILES string of the molecule is Cc1cc(-c2ccc(O)c(C3CCCCC3)c2)ccc1C(c1ccc(-c2ccc(O)c(C3CCCCC3)c2)cc1C)c1ccccc1O. The monoisotopic (exact) mass is 636 g/mol. The third kappa shape index (κ3) is 6.48. The predicted octanol–water partition coefficient (Wildman–Crippen LogP) is 12.0.